The number of aliphatic hydroxyl groups is 2. The van der Waals surface area contributed by atoms with E-state index >= 15 is 0 Å². The van der Waals surface area contributed by atoms with Gasteiger partial charge in [0.2, 0.25) is 0 Å². The minimum absolute atomic E-state index is 0. The fourth-order valence-corrected chi connectivity index (χ4v) is 0.990. The predicted molar refractivity (Wildman–Crippen MR) is 72.5 cm³/mol. The average molecular weight is 392 g/mol. The van der Waals surface area contributed by atoms with Gasteiger partial charge in [-0.1, -0.05) is 0 Å². The van der Waals surface area contributed by atoms with Gasteiger partial charge in [0, 0.05) is 0 Å². The topological polar surface area (TPSA) is 222 Å². The summed E-state index contributed by atoms with van der Waals surface area (Å²) in [6.07, 6.45) is -5.39. The number of hydrogen-bond acceptors (Lipinski definition) is 10. The second-order valence-corrected chi connectivity index (χ2v) is 4.53. The van der Waals surface area contributed by atoms with E-state index in [1.807, 2.05) is 0 Å². The van der Waals surface area contributed by atoms with Crippen LogP contribution in [-0.4, -0.2) is 106 Å². The van der Waals surface area contributed by atoms with Crippen LogP contribution in [0.15, 0.2) is 0 Å². The molecular weight excluding hydrogens is 376 g/mol. The summed E-state index contributed by atoms with van der Waals surface area (Å²) in [6.45, 7) is 2.10. The zero-order valence-electron chi connectivity index (χ0n) is 13.3. The molecule has 0 aliphatic heterocycles. The molecule has 25 heavy (non-hydrogen) atoms. The van der Waals surface area contributed by atoms with Crippen LogP contribution in [0, 0.1) is 0 Å². The quantitative estimate of drug-likeness (QED) is 0.225. The van der Waals surface area contributed by atoms with E-state index < -0.39 is 60.5 Å². The fourth-order valence-electron chi connectivity index (χ4n) is 0.990. The molecular formula is C12H16CaO12. The maximum atomic E-state index is 11.1. The van der Waals surface area contributed by atoms with Crippen molar-refractivity contribution >= 4 is 67.6 Å². The molecule has 0 aliphatic rings. The molecule has 0 aromatic heterocycles. The van der Waals surface area contributed by atoms with Gasteiger partial charge in [-0.2, -0.15) is 0 Å². The fraction of sp³-hybridized carbons (Fsp3) is 0.583. The summed E-state index contributed by atoms with van der Waals surface area (Å²) in [7, 11) is 0. The van der Waals surface area contributed by atoms with Crippen molar-refractivity contribution < 1.29 is 59.3 Å². The maximum absolute atomic E-state index is 11.1. The van der Waals surface area contributed by atoms with Crippen LogP contribution in [0.1, 0.15) is 26.7 Å². The van der Waals surface area contributed by atoms with Crippen molar-refractivity contribution in [2.24, 2.45) is 0 Å². The molecule has 0 aromatic carbocycles. The molecule has 12 nitrogen and oxygen atoms in total. The largest absolute Gasteiger partial charge is 2.00 e. The van der Waals surface area contributed by atoms with E-state index in [1.54, 1.807) is 0 Å². The van der Waals surface area contributed by atoms with Crippen LogP contribution in [0.4, 0.5) is 0 Å². The number of carbonyl (C=O) groups is 5. The van der Waals surface area contributed by atoms with E-state index in [0.29, 0.717) is 0 Å². The zero-order chi connectivity index (χ0) is 19.7. The van der Waals surface area contributed by atoms with E-state index in [2.05, 4.69) is 4.74 Å². The third-order valence-corrected chi connectivity index (χ3v) is 2.26. The van der Waals surface area contributed by atoms with Gasteiger partial charge in [-0.05, 0) is 13.8 Å². The molecule has 0 heterocycles. The molecule has 3 atom stereocenters. The van der Waals surface area contributed by atoms with Crippen LogP contribution < -0.4 is 10.2 Å². The Kier molecular flexibility index (Phi) is 14.5. The van der Waals surface area contributed by atoms with E-state index in [4.69, 9.17) is 15.3 Å². The molecule has 0 amide bonds. The first-order valence-corrected chi connectivity index (χ1v) is 6.19. The molecule has 0 fully saturated rings. The normalized spacial score (nSPS) is 14.2. The van der Waals surface area contributed by atoms with Gasteiger partial charge in [0.15, 0.2) is 5.60 Å². The molecule has 138 valence electrons. The second-order valence-electron chi connectivity index (χ2n) is 4.53. The van der Waals surface area contributed by atoms with Crippen LogP contribution in [-0.2, 0) is 28.7 Å². The third kappa shape index (κ3) is 13.5. The molecule has 0 aromatic rings. The third-order valence-electron chi connectivity index (χ3n) is 2.26. The molecule has 4 N–H and O–H groups in total. The summed E-state index contributed by atoms with van der Waals surface area (Å²) in [6, 6.07) is 0. The van der Waals surface area contributed by atoms with Crippen molar-refractivity contribution in [2.45, 2.75) is 44.5 Å². The summed E-state index contributed by atoms with van der Waals surface area (Å²) in [4.78, 5) is 51.7. The first-order chi connectivity index (χ1) is 10.7. The standard InChI is InChI=1S/C9H12O9.C3H6O3.Ca/c1-4(7(13)14)18-6(12)3-9(17,8(15)16)2-5(10)11;1-2(4)3(5)6;/h4,17H,2-3H2,1H3,(H,10,11)(H,13,14)(H,15,16);2,4H,1H3,(H,5,6);/q;;+2/p-2. The summed E-state index contributed by atoms with van der Waals surface area (Å²) < 4.78 is 4.22. The number of aliphatic hydroxyl groups excluding tert-OH is 1. The first kappa shape index (κ1) is 28.3. The van der Waals surface area contributed by atoms with Gasteiger partial charge < -0.3 is 45.0 Å². The molecule has 0 spiro atoms. The van der Waals surface area contributed by atoms with Crippen LogP contribution in [0.2, 0.25) is 0 Å². The molecule has 3 unspecified atom stereocenters. The van der Waals surface area contributed by atoms with Gasteiger partial charge in [-0.25, -0.2) is 4.79 Å². The molecule has 0 bridgehead atoms. The summed E-state index contributed by atoms with van der Waals surface area (Å²) in [5, 5.41) is 54.0. The molecule has 0 saturated carbocycles. The van der Waals surface area contributed by atoms with E-state index in [1.165, 1.54) is 0 Å². The van der Waals surface area contributed by atoms with Gasteiger partial charge in [0.25, 0.3) is 0 Å². The molecule has 0 saturated heterocycles. The Balaban J connectivity index is -0.000000592. The van der Waals surface area contributed by atoms with Gasteiger partial charge in [0.05, 0.1) is 30.9 Å². The van der Waals surface area contributed by atoms with Crippen molar-refractivity contribution in [3.63, 3.8) is 0 Å². The van der Waals surface area contributed by atoms with Crippen molar-refractivity contribution in [1.29, 1.82) is 0 Å². The molecule has 0 aliphatic carbocycles. The maximum Gasteiger partial charge on any atom is 2.00 e. The minimum Gasteiger partial charge on any atom is -0.547 e. The van der Waals surface area contributed by atoms with Crippen molar-refractivity contribution in [3.8, 4) is 0 Å². The number of hydrogen-bond donors (Lipinski definition) is 4. The Labute approximate surface area is 171 Å². The van der Waals surface area contributed by atoms with E-state index in [0.717, 1.165) is 13.8 Å². The van der Waals surface area contributed by atoms with Crippen molar-refractivity contribution in [2.75, 3.05) is 0 Å². The number of esters is 1. The van der Waals surface area contributed by atoms with Gasteiger partial charge in [0.1, 0.15) is 6.10 Å². The number of rotatable bonds is 8. The number of carboxylic acid groups (broad SMARTS) is 4. The number of aliphatic carboxylic acids is 4. The van der Waals surface area contributed by atoms with Gasteiger partial charge in [-0.3, -0.25) is 9.59 Å². The van der Waals surface area contributed by atoms with E-state index in [9.17, 15) is 39.3 Å². The summed E-state index contributed by atoms with van der Waals surface area (Å²) in [5.74, 6) is -8.07. The minimum atomic E-state index is -2.85. The van der Waals surface area contributed by atoms with Crippen LogP contribution in [0.25, 0.3) is 0 Å². The SMILES string of the molecule is CC(O)C(=O)[O-].CC(OC(=O)CC(O)(CC(=O)O)C(=O)O)C(=O)[O-].[Ca+2]. The molecule has 0 rings (SSSR count). The second kappa shape index (κ2) is 12.8. The zero-order valence-corrected chi connectivity index (χ0v) is 15.5. The number of ether oxygens (including phenoxy) is 1. The predicted octanol–water partition coefficient (Wildman–Crippen LogP) is -4.92. The first-order valence-electron chi connectivity index (χ1n) is 6.19. The van der Waals surface area contributed by atoms with Gasteiger partial charge in [-0.15, -0.1) is 0 Å². The Morgan fingerprint density at radius 1 is 1.00 bits per heavy atom. The summed E-state index contributed by atoms with van der Waals surface area (Å²) in [5.41, 5.74) is -2.85. The Morgan fingerprint density at radius 2 is 1.40 bits per heavy atom. The van der Waals surface area contributed by atoms with Crippen LogP contribution in [0.3, 0.4) is 0 Å². The van der Waals surface area contributed by atoms with Crippen LogP contribution in [0.5, 0.6) is 0 Å². The Hall–Kier alpha value is -1.47. The summed E-state index contributed by atoms with van der Waals surface area (Å²) >= 11 is 0. The average Bonchev–Trinajstić information content (AvgIpc) is 2.37. The van der Waals surface area contributed by atoms with Crippen molar-refractivity contribution in [3.05, 3.63) is 0 Å². The molecule has 13 heteroatoms. The Bertz CT molecular complexity index is 502. The van der Waals surface area contributed by atoms with Crippen LogP contribution >= 0.6 is 0 Å². The number of carboxylic acids is 4. The Morgan fingerprint density at radius 3 is 1.64 bits per heavy atom. The number of carbonyl (C=O) groups excluding carboxylic acids is 3. The van der Waals surface area contributed by atoms with Gasteiger partial charge >= 0.3 is 55.6 Å². The smallest absolute Gasteiger partial charge is 0.547 e. The van der Waals surface area contributed by atoms with Crippen molar-refractivity contribution in [1.82, 2.24) is 0 Å². The van der Waals surface area contributed by atoms with E-state index in [-0.39, 0.29) is 37.7 Å². The molecule has 0 radical (unpaired) electrons. The monoisotopic (exact) mass is 392 g/mol.